The molecule has 16 heavy (non-hydrogen) atoms. The molecule has 0 radical (unpaired) electrons. The third-order valence-corrected chi connectivity index (χ3v) is 3.96. The molecule has 1 aromatic rings. The van der Waals surface area contributed by atoms with Crippen molar-refractivity contribution >= 4 is 21.9 Å². The average molecular weight is 284 g/mol. The van der Waals surface area contributed by atoms with Gasteiger partial charge in [0.25, 0.3) is 0 Å². The van der Waals surface area contributed by atoms with E-state index in [0.29, 0.717) is 19.4 Å². The smallest absolute Gasteiger partial charge is 0.311 e. The molecule has 0 bridgehead atoms. The molecule has 1 aliphatic heterocycles. The quantitative estimate of drug-likeness (QED) is 0.893. The molecule has 2 N–H and O–H groups in total. The van der Waals surface area contributed by atoms with E-state index in [0.717, 1.165) is 16.6 Å². The molecule has 1 heterocycles. The summed E-state index contributed by atoms with van der Waals surface area (Å²) in [4.78, 5) is 11.4. The lowest BCUT2D eigenvalue weighted by atomic mass is 9.81. The van der Waals surface area contributed by atoms with Gasteiger partial charge >= 0.3 is 5.97 Å². The Hall–Kier alpha value is -0.870. The Morgan fingerprint density at radius 2 is 2.25 bits per heavy atom. The van der Waals surface area contributed by atoms with E-state index in [1.807, 2.05) is 24.3 Å². The molecular formula is C12H14BrNO2. The summed E-state index contributed by atoms with van der Waals surface area (Å²) in [5, 5.41) is 12.5. The van der Waals surface area contributed by atoms with Crippen LogP contribution in [0.4, 0.5) is 0 Å². The Balaban J connectivity index is 2.25. The Morgan fingerprint density at radius 1 is 1.50 bits per heavy atom. The van der Waals surface area contributed by atoms with Crippen LogP contribution in [0.5, 0.6) is 0 Å². The molecule has 1 atom stereocenters. The second kappa shape index (κ2) is 4.55. The van der Waals surface area contributed by atoms with E-state index in [1.54, 1.807) is 0 Å². The van der Waals surface area contributed by atoms with Crippen LogP contribution in [0.25, 0.3) is 0 Å². The zero-order valence-corrected chi connectivity index (χ0v) is 10.5. The molecule has 86 valence electrons. The van der Waals surface area contributed by atoms with Gasteiger partial charge in [-0.05, 0) is 31.0 Å². The highest BCUT2D eigenvalue weighted by molar-refractivity contribution is 9.10. The number of carboxylic acid groups (broad SMARTS) is 1. The summed E-state index contributed by atoms with van der Waals surface area (Å²) < 4.78 is 0.988. The summed E-state index contributed by atoms with van der Waals surface area (Å²) >= 11 is 3.46. The zero-order chi connectivity index (χ0) is 11.6. The molecule has 0 aromatic heterocycles. The summed E-state index contributed by atoms with van der Waals surface area (Å²) in [7, 11) is 0. The SMILES string of the molecule is O=C(O)C1(Cc2ccccc2Br)CCNC1. The summed E-state index contributed by atoms with van der Waals surface area (Å²) in [5.41, 5.74) is 0.428. The maximum Gasteiger partial charge on any atom is 0.311 e. The van der Waals surface area contributed by atoms with E-state index < -0.39 is 11.4 Å². The Morgan fingerprint density at radius 3 is 2.81 bits per heavy atom. The number of carboxylic acids is 1. The van der Waals surface area contributed by atoms with Crippen molar-refractivity contribution in [3.8, 4) is 0 Å². The van der Waals surface area contributed by atoms with Crippen LogP contribution < -0.4 is 5.32 Å². The fourth-order valence-corrected chi connectivity index (χ4v) is 2.58. The minimum absolute atomic E-state index is 0.559. The van der Waals surface area contributed by atoms with Gasteiger partial charge in [0.2, 0.25) is 0 Å². The minimum atomic E-state index is -0.701. The van der Waals surface area contributed by atoms with Gasteiger partial charge in [-0.1, -0.05) is 34.1 Å². The standard InChI is InChI=1S/C12H14BrNO2/c13-10-4-2-1-3-9(10)7-12(11(15)16)5-6-14-8-12/h1-4,14H,5-8H2,(H,15,16). The van der Waals surface area contributed by atoms with Crippen LogP contribution in [0.1, 0.15) is 12.0 Å². The molecule has 0 aliphatic carbocycles. The summed E-state index contributed by atoms with van der Waals surface area (Å²) in [6, 6.07) is 7.81. The highest BCUT2D eigenvalue weighted by atomic mass is 79.9. The number of benzene rings is 1. The molecule has 1 unspecified atom stereocenters. The topological polar surface area (TPSA) is 49.3 Å². The molecule has 0 amide bonds. The number of rotatable bonds is 3. The lowest BCUT2D eigenvalue weighted by Gasteiger charge is -2.23. The number of carbonyl (C=O) groups is 1. The van der Waals surface area contributed by atoms with Crippen LogP contribution in [0.15, 0.2) is 28.7 Å². The van der Waals surface area contributed by atoms with E-state index in [4.69, 9.17) is 0 Å². The molecule has 2 rings (SSSR count). The third-order valence-electron chi connectivity index (χ3n) is 3.18. The first-order valence-corrected chi connectivity index (χ1v) is 6.11. The summed E-state index contributed by atoms with van der Waals surface area (Å²) in [6.45, 7) is 1.35. The lowest BCUT2D eigenvalue weighted by molar-refractivity contribution is -0.147. The van der Waals surface area contributed by atoms with Crippen molar-refractivity contribution in [1.82, 2.24) is 5.32 Å². The van der Waals surface area contributed by atoms with E-state index in [1.165, 1.54) is 0 Å². The van der Waals surface area contributed by atoms with Gasteiger partial charge in [0.15, 0.2) is 0 Å². The molecular weight excluding hydrogens is 270 g/mol. The van der Waals surface area contributed by atoms with Gasteiger partial charge in [-0.3, -0.25) is 4.79 Å². The van der Waals surface area contributed by atoms with Gasteiger partial charge in [0, 0.05) is 11.0 Å². The van der Waals surface area contributed by atoms with Crippen LogP contribution >= 0.6 is 15.9 Å². The van der Waals surface area contributed by atoms with Gasteiger partial charge in [0.1, 0.15) is 0 Å². The van der Waals surface area contributed by atoms with Crippen LogP contribution in [0, 0.1) is 5.41 Å². The molecule has 0 saturated carbocycles. The second-order valence-electron chi connectivity index (χ2n) is 4.28. The van der Waals surface area contributed by atoms with E-state index in [9.17, 15) is 9.90 Å². The van der Waals surface area contributed by atoms with E-state index in [-0.39, 0.29) is 0 Å². The van der Waals surface area contributed by atoms with Crippen LogP contribution in [0.2, 0.25) is 0 Å². The average Bonchev–Trinajstić information content (AvgIpc) is 2.71. The van der Waals surface area contributed by atoms with Crippen molar-refractivity contribution in [2.75, 3.05) is 13.1 Å². The maximum absolute atomic E-state index is 11.4. The highest BCUT2D eigenvalue weighted by Crippen LogP contribution is 2.32. The molecule has 3 nitrogen and oxygen atoms in total. The fourth-order valence-electron chi connectivity index (χ4n) is 2.16. The first-order valence-electron chi connectivity index (χ1n) is 5.32. The lowest BCUT2D eigenvalue weighted by Crippen LogP contribution is -2.35. The van der Waals surface area contributed by atoms with E-state index in [2.05, 4.69) is 21.2 Å². The highest BCUT2D eigenvalue weighted by Gasteiger charge is 2.41. The van der Waals surface area contributed by atoms with Crippen LogP contribution in [0.3, 0.4) is 0 Å². The van der Waals surface area contributed by atoms with Crippen molar-refractivity contribution in [2.24, 2.45) is 5.41 Å². The Labute approximate surface area is 103 Å². The van der Waals surface area contributed by atoms with Crippen molar-refractivity contribution in [3.63, 3.8) is 0 Å². The van der Waals surface area contributed by atoms with Gasteiger partial charge in [-0.15, -0.1) is 0 Å². The first-order chi connectivity index (χ1) is 7.64. The van der Waals surface area contributed by atoms with Crippen molar-refractivity contribution in [2.45, 2.75) is 12.8 Å². The summed E-state index contributed by atoms with van der Waals surface area (Å²) in [6.07, 6.45) is 1.28. The molecule has 1 aromatic carbocycles. The number of halogens is 1. The van der Waals surface area contributed by atoms with E-state index >= 15 is 0 Å². The van der Waals surface area contributed by atoms with Crippen LogP contribution in [-0.4, -0.2) is 24.2 Å². The van der Waals surface area contributed by atoms with Crippen molar-refractivity contribution in [1.29, 1.82) is 0 Å². The number of hydrogen-bond donors (Lipinski definition) is 2. The number of nitrogens with one attached hydrogen (secondary N) is 1. The van der Waals surface area contributed by atoms with Crippen molar-refractivity contribution in [3.05, 3.63) is 34.3 Å². The third kappa shape index (κ3) is 2.13. The number of hydrogen-bond acceptors (Lipinski definition) is 2. The molecule has 1 aliphatic rings. The van der Waals surface area contributed by atoms with Gasteiger partial charge < -0.3 is 10.4 Å². The Bertz CT molecular complexity index is 400. The van der Waals surface area contributed by atoms with Crippen molar-refractivity contribution < 1.29 is 9.90 Å². The van der Waals surface area contributed by atoms with Gasteiger partial charge in [0.05, 0.1) is 5.41 Å². The monoisotopic (exact) mass is 283 g/mol. The molecule has 1 saturated heterocycles. The maximum atomic E-state index is 11.4. The predicted molar refractivity (Wildman–Crippen MR) is 65.4 cm³/mol. The van der Waals surface area contributed by atoms with Gasteiger partial charge in [-0.25, -0.2) is 0 Å². The predicted octanol–water partition coefficient (Wildman–Crippen LogP) is 2.06. The zero-order valence-electron chi connectivity index (χ0n) is 8.87. The van der Waals surface area contributed by atoms with Crippen LogP contribution in [-0.2, 0) is 11.2 Å². The Kier molecular flexibility index (Phi) is 3.30. The van der Waals surface area contributed by atoms with Gasteiger partial charge in [-0.2, -0.15) is 0 Å². The summed E-state index contributed by atoms with van der Waals surface area (Å²) in [5.74, 6) is -0.701. The fraction of sp³-hybridized carbons (Fsp3) is 0.417. The second-order valence-corrected chi connectivity index (χ2v) is 5.13. The molecule has 4 heteroatoms. The minimum Gasteiger partial charge on any atom is -0.481 e. The normalized spacial score (nSPS) is 24.6. The largest absolute Gasteiger partial charge is 0.481 e. The molecule has 0 spiro atoms. The first kappa shape index (κ1) is 11.6. The number of aliphatic carboxylic acids is 1. The molecule has 1 fully saturated rings.